The van der Waals surface area contributed by atoms with E-state index in [9.17, 15) is 0 Å². The monoisotopic (exact) mass is 108 g/mol. The normalized spacial score (nSPS) is 5.29. The van der Waals surface area contributed by atoms with E-state index in [-0.39, 0.29) is 48.4 Å². The minimum absolute atomic E-state index is 0. The van der Waals surface area contributed by atoms with Crippen LogP contribution in [0.15, 0.2) is 0 Å². The number of aliphatic hydroxyl groups is 1. The van der Waals surface area contributed by atoms with Crippen molar-refractivity contribution < 1.29 is 15.0 Å². The van der Waals surface area contributed by atoms with Crippen LogP contribution in [0.1, 0.15) is 0 Å². The molecular weight excluding hydrogens is 102 g/mol. The Morgan fingerprint density at radius 2 is 1.71 bits per heavy atom. The molecule has 0 atom stereocenters. The predicted octanol–water partition coefficient (Wildman–Crippen LogP) is -2.23. The molecule has 0 bridgehead atoms. The van der Waals surface area contributed by atoms with E-state index in [2.05, 4.69) is 0 Å². The van der Waals surface area contributed by atoms with Gasteiger partial charge in [-0.3, -0.25) is 0 Å². The standard InChI is InChI=1S/C2H4O3.Li.Na.2H/c3-1-2(4)5;;;;/h3H,1H2,(H,4,5);;;;. The first-order chi connectivity index (χ1) is 2.27. The Morgan fingerprint density at radius 3 is 1.71 bits per heavy atom. The number of carboxylic acids is 1. The average Bonchev–Trinajstić information content (AvgIpc) is 1.38. The van der Waals surface area contributed by atoms with Gasteiger partial charge in [-0.2, -0.15) is 0 Å². The molecule has 0 aliphatic heterocycles. The van der Waals surface area contributed by atoms with E-state index in [0.29, 0.717) is 0 Å². The molecule has 0 spiro atoms. The Kier molecular flexibility index (Phi) is 22.6. The van der Waals surface area contributed by atoms with Gasteiger partial charge < -0.3 is 10.2 Å². The van der Waals surface area contributed by atoms with Crippen molar-refractivity contribution in [1.29, 1.82) is 0 Å². The van der Waals surface area contributed by atoms with Crippen molar-refractivity contribution in [3.05, 3.63) is 0 Å². The maximum atomic E-state index is 9.12. The van der Waals surface area contributed by atoms with Gasteiger partial charge in [-0.15, -0.1) is 0 Å². The fourth-order valence-corrected chi connectivity index (χ4v) is 0. The molecule has 0 aliphatic rings. The average molecular weight is 108 g/mol. The van der Waals surface area contributed by atoms with Gasteiger partial charge in [-0.25, -0.2) is 4.79 Å². The molecule has 0 aromatic heterocycles. The van der Waals surface area contributed by atoms with Gasteiger partial charge in [0, 0.05) is 0 Å². The maximum absolute atomic E-state index is 9.12. The van der Waals surface area contributed by atoms with E-state index < -0.39 is 12.6 Å². The zero-order chi connectivity index (χ0) is 4.28. The van der Waals surface area contributed by atoms with Gasteiger partial charge in [-0.1, -0.05) is 0 Å². The van der Waals surface area contributed by atoms with Gasteiger partial charge in [0.2, 0.25) is 0 Å². The third kappa shape index (κ3) is 19.4. The predicted molar refractivity (Wildman–Crippen MR) is 29.0 cm³/mol. The molecule has 0 heterocycles. The van der Waals surface area contributed by atoms with Gasteiger partial charge >= 0.3 is 54.4 Å². The Morgan fingerprint density at radius 1 is 1.57 bits per heavy atom. The van der Waals surface area contributed by atoms with Crippen LogP contribution >= 0.6 is 0 Å². The second-order valence-electron chi connectivity index (χ2n) is 0.552. The van der Waals surface area contributed by atoms with Crippen LogP contribution in [0.25, 0.3) is 0 Å². The molecule has 0 rings (SSSR count). The fourth-order valence-electron chi connectivity index (χ4n) is 0. The summed E-state index contributed by atoms with van der Waals surface area (Å²) in [6, 6.07) is 0. The van der Waals surface area contributed by atoms with Crippen molar-refractivity contribution in [3.63, 3.8) is 0 Å². The molecule has 0 amide bonds. The van der Waals surface area contributed by atoms with Crippen molar-refractivity contribution in [1.82, 2.24) is 0 Å². The summed E-state index contributed by atoms with van der Waals surface area (Å²) in [7, 11) is 0. The summed E-state index contributed by atoms with van der Waals surface area (Å²) in [4.78, 5) is 9.12. The summed E-state index contributed by atoms with van der Waals surface area (Å²) < 4.78 is 0. The van der Waals surface area contributed by atoms with Crippen LogP contribution in [0.4, 0.5) is 0 Å². The molecule has 34 valence electrons. The SMILES string of the molecule is O=C(O)CO.[LiH].[NaH]. The number of aliphatic hydroxyl groups excluding tert-OH is 1. The second-order valence-corrected chi connectivity index (χ2v) is 0.552. The molecule has 2 N–H and O–H groups in total. The van der Waals surface area contributed by atoms with Crippen LogP contribution < -0.4 is 0 Å². The first-order valence-corrected chi connectivity index (χ1v) is 1.10. The summed E-state index contributed by atoms with van der Waals surface area (Å²) in [5.41, 5.74) is 0. The number of hydrogen-bond acceptors (Lipinski definition) is 2. The van der Waals surface area contributed by atoms with E-state index in [1.807, 2.05) is 0 Å². The zero-order valence-electron chi connectivity index (χ0n) is 2.51. The Labute approximate surface area is 75.6 Å². The molecule has 0 aromatic carbocycles. The van der Waals surface area contributed by atoms with Gasteiger partial charge in [0.25, 0.3) is 0 Å². The van der Waals surface area contributed by atoms with Crippen LogP contribution in [0.5, 0.6) is 0 Å². The van der Waals surface area contributed by atoms with E-state index in [1.54, 1.807) is 0 Å². The van der Waals surface area contributed by atoms with Crippen LogP contribution in [0.2, 0.25) is 0 Å². The molecule has 5 heteroatoms. The summed E-state index contributed by atoms with van der Waals surface area (Å²) in [5.74, 6) is -1.19. The van der Waals surface area contributed by atoms with Crippen molar-refractivity contribution in [3.8, 4) is 0 Å². The summed E-state index contributed by atoms with van der Waals surface area (Å²) in [6.45, 7) is -0.778. The molecule has 0 saturated carbocycles. The molecule has 0 saturated heterocycles. The summed E-state index contributed by atoms with van der Waals surface area (Å²) >= 11 is 0. The van der Waals surface area contributed by atoms with Gasteiger partial charge in [0.1, 0.15) is 6.61 Å². The van der Waals surface area contributed by atoms with Gasteiger partial charge in [0.15, 0.2) is 0 Å². The number of carbonyl (C=O) groups is 1. The quantitative estimate of drug-likeness (QED) is 0.373. The zero-order valence-corrected chi connectivity index (χ0v) is 2.51. The van der Waals surface area contributed by atoms with Crippen LogP contribution in [-0.4, -0.2) is 71.2 Å². The molecule has 7 heavy (non-hydrogen) atoms. The molecule has 3 nitrogen and oxygen atoms in total. The van der Waals surface area contributed by atoms with Crippen LogP contribution in [0, 0.1) is 0 Å². The van der Waals surface area contributed by atoms with E-state index in [1.165, 1.54) is 0 Å². The number of hydrogen-bond donors (Lipinski definition) is 2. The first-order valence-electron chi connectivity index (χ1n) is 1.10. The van der Waals surface area contributed by atoms with Crippen molar-refractivity contribution in [2.75, 3.05) is 6.61 Å². The molecule has 0 unspecified atom stereocenters. The second kappa shape index (κ2) is 10.1. The third-order valence-electron chi connectivity index (χ3n) is 0.135. The molecular formula is C2H6LiNaO3. The molecule has 0 fully saturated rings. The van der Waals surface area contributed by atoms with Crippen LogP contribution in [0.3, 0.4) is 0 Å². The summed E-state index contributed by atoms with van der Waals surface area (Å²) in [6.07, 6.45) is 0. The van der Waals surface area contributed by atoms with Gasteiger partial charge in [0.05, 0.1) is 0 Å². The number of rotatable bonds is 1. The van der Waals surface area contributed by atoms with Crippen molar-refractivity contribution >= 4 is 54.4 Å². The Hall–Kier alpha value is 1.03. The fraction of sp³-hybridized carbons (Fsp3) is 0.500. The molecule has 0 aromatic rings. The summed E-state index contributed by atoms with van der Waals surface area (Å²) in [5, 5.41) is 15.0. The molecule has 0 radical (unpaired) electrons. The van der Waals surface area contributed by atoms with Crippen LogP contribution in [-0.2, 0) is 4.79 Å². The Balaban J connectivity index is -0.0000000800. The van der Waals surface area contributed by atoms with Crippen molar-refractivity contribution in [2.45, 2.75) is 0 Å². The van der Waals surface area contributed by atoms with Gasteiger partial charge in [-0.05, 0) is 0 Å². The minimum atomic E-state index is -1.19. The third-order valence-corrected chi connectivity index (χ3v) is 0.135. The molecule has 0 aliphatic carbocycles. The van der Waals surface area contributed by atoms with E-state index in [4.69, 9.17) is 15.0 Å². The first kappa shape index (κ1) is 15.7. The Bertz CT molecular complexity index is 48.2. The van der Waals surface area contributed by atoms with E-state index in [0.717, 1.165) is 0 Å². The number of aliphatic carboxylic acids is 1. The van der Waals surface area contributed by atoms with E-state index >= 15 is 0 Å². The topological polar surface area (TPSA) is 57.5 Å². The van der Waals surface area contributed by atoms with Crippen molar-refractivity contribution in [2.24, 2.45) is 0 Å². The number of carboxylic acid groups (broad SMARTS) is 1.